The van der Waals surface area contributed by atoms with Gasteiger partial charge >= 0.3 is 5.97 Å². The van der Waals surface area contributed by atoms with Gasteiger partial charge in [-0.25, -0.2) is 5.32 Å². The van der Waals surface area contributed by atoms with E-state index in [-0.39, 0.29) is 6.42 Å². The molecule has 1 unspecified atom stereocenters. The lowest BCUT2D eigenvalue weighted by Gasteiger charge is -2.22. The fourth-order valence-corrected chi connectivity index (χ4v) is 1.34. The van der Waals surface area contributed by atoms with E-state index >= 15 is 0 Å². The van der Waals surface area contributed by atoms with Crippen LogP contribution in [0.2, 0.25) is 0 Å². The maximum atomic E-state index is 10.2. The molecule has 4 heteroatoms. The van der Waals surface area contributed by atoms with Crippen molar-refractivity contribution in [2.24, 2.45) is 0 Å². The standard InChI is InChI=1S/C8H15N2O2/c11-8(12)3-5-10-7-2-1-4-9-6-7/h7,10H,1-6H2,(H,11,12). The molecule has 0 saturated carbocycles. The molecule has 0 aromatic carbocycles. The normalized spacial score (nSPS) is 23.8. The first-order valence-electron chi connectivity index (χ1n) is 4.37. The summed E-state index contributed by atoms with van der Waals surface area (Å²) >= 11 is 0. The Morgan fingerprint density at radius 3 is 3.08 bits per heavy atom. The van der Waals surface area contributed by atoms with Crippen LogP contribution in [-0.4, -0.2) is 36.8 Å². The SMILES string of the molecule is O=C(O)CCNC1CCC[N]C1. The largest absolute Gasteiger partial charge is 0.481 e. The van der Waals surface area contributed by atoms with Gasteiger partial charge in [0.25, 0.3) is 0 Å². The first-order chi connectivity index (χ1) is 5.79. The minimum absolute atomic E-state index is 0.205. The van der Waals surface area contributed by atoms with Crippen LogP contribution in [0.3, 0.4) is 0 Å². The first kappa shape index (κ1) is 9.48. The van der Waals surface area contributed by atoms with Gasteiger partial charge in [-0.3, -0.25) is 4.79 Å². The van der Waals surface area contributed by atoms with Crippen molar-refractivity contribution < 1.29 is 9.90 Å². The van der Waals surface area contributed by atoms with Gasteiger partial charge in [0, 0.05) is 25.7 Å². The summed E-state index contributed by atoms with van der Waals surface area (Å²) in [5.74, 6) is -0.741. The number of hydrogen-bond acceptors (Lipinski definition) is 2. The number of carbonyl (C=O) groups is 1. The van der Waals surface area contributed by atoms with Crippen molar-refractivity contribution in [2.45, 2.75) is 25.3 Å². The van der Waals surface area contributed by atoms with Gasteiger partial charge in [-0.1, -0.05) is 0 Å². The van der Waals surface area contributed by atoms with Gasteiger partial charge in [0.1, 0.15) is 0 Å². The Balaban J connectivity index is 2.01. The summed E-state index contributed by atoms with van der Waals surface area (Å²) in [6.45, 7) is 2.38. The Morgan fingerprint density at radius 2 is 2.50 bits per heavy atom. The fourth-order valence-electron chi connectivity index (χ4n) is 1.34. The van der Waals surface area contributed by atoms with Crippen molar-refractivity contribution in [3.63, 3.8) is 0 Å². The van der Waals surface area contributed by atoms with Crippen molar-refractivity contribution in [1.82, 2.24) is 10.6 Å². The molecule has 12 heavy (non-hydrogen) atoms. The maximum Gasteiger partial charge on any atom is 0.304 e. The number of carboxylic acids is 1. The van der Waals surface area contributed by atoms with Gasteiger partial charge in [-0.15, -0.1) is 0 Å². The van der Waals surface area contributed by atoms with Crippen molar-refractivity contribution in [1.29, 1.82) is 0 Å². The Morgan fingerprint density at radius 1 is 1.67 bits per heavy atom. The zero-order chi connectivity index (χ0) is 8.81. The molecule has 1 aliphatic heterocycles. The Kier molecular flexibility index (Phi) is 4.04. The molecule has 1 rings (SSSR count). The van der Waals surface area contributed by atoms with Crippen LogP contribution in [0.25, 0.3) is 0 Å². The smallest absolute Gasteiger partial charge is 0.304 e. The van der Waals surface area contributed by atoms with Crippen molar-refractivity contribution in [3.05, 3.63) is 0 Å². The molecule has 1 radical (unpaired) electrons. The molecular weight excluding hydrogens is 156 g/mol. The highest BCUT2D eigenvalue weighted by Crippen LogP contribution is 2.01. The monoisotopic (exact) mass is 171 g/mol. The van der Waals surface area contributed by atoms with Gasteiger partial charge in [0.2, 0.25) is 0 Å². The highest BCUT2D eigenvalue weighted by atomic mass is 16.4. The predicted octanol–water partition coefficient (Wildman–Crippen LogP) is -0.182. The van der Waals surface area contributed by atoms with Crippen LogP contribution in [-0.2, 0) is 4.79 Å². The summed E-state index contributed by atoms with van der Waals surface area (Å²) in [6, 6.07) is 0.415. The van der Waals surface area contributed by atoms with E-state index in [1.165, 1.54) is 0 Å². The average Bonchev–Trinajstić information content (AvgIpc) is 2.05. The second kappa shape index (κ2) is 5.11. The molecule has 1 aliphatic rings. The molecule has 2 N–H and O–H groups in total. The molecule has 0 amide bonds. The summed E-state index contributed by atoms with van der Waals surface area (Å²) in [4.78, 5) is 10.2. The van der Waals surface area contributed by atoms with Crippen LogP contribution in [0.15, 0.2) is 0 Å². The molecule has 0 aromatic rings. The van der Waals surface area contributed by atoms with Crippen LogP contribution in [0.4, 0.5) is 0 Å². The molecule has 4 nitrogen and oxygen atoms in total. The van der Waals surface area contributed by atoms with Crippen molar-refractivity contribution in [3.8, 4) is 0 Å². The lowest BCUT2D eigenvalue weighted by atomic mass is 10.1. The van der Waals surface area contributed by atoms with E-state index in [9.17, 15) is 4.79 Å². The van der Waals surface area contributed by atoms with Crippen LogP contribution in [0, 0.1) is 0 Å². The molecule has 1 saturated heterocycles. The van der Waals surface area contributed by atoms with Crippen LogP contribution in [0.5, 0.6) is 0 Å². The highest BCUT2D eigenvalue weighted by molar-refractivity contribution is 5.66. The third-order valence-electron chi connectivity index (χ3n) is 1.99. The van der Waals surface area contributed by atoms with E-state index in [2.05, 4.69) is 10.6 Å². The van der Waals surface area contributed by atoms with Gasteiger partial charge < -0.3 is 10.4 Å². The molecule has 1 heterocycles. The van der Waals surface area contributed by atoms with Crippen LogP contribution in [0.1, 0.15) is 19.3 Å². The summed E-state index contributed by atoms with van der Waals surface area (Å²) in [7, 11) is 0. The molecule has 1 atom stereocenters. The topological polar surface area (TPSA) is 63.4 Å². The number of carboxylic acid groups (broad SMARTS) is 1. The highest BCUT2D eigenvalue weighted by Gasteiger charge is 2.12. The number of hydrogen-bond donors (Lipinski definition) is 2. The van der Waals surface area contributed by atoms with E-state index < -0.39 is 5.97 Å². The van der Waals surface area contributed by atoms with E-state index in [1.807, 2.05) is 0 Å². The molecule has 0 aliphatic carbocycles. The zero-order valence-electron chi connectivity index (χ0n) is 7.12. The van der Waals surface area contributed by atoms with Crippen LogP contribution < -0.4 is 10.6 Å². The second-order valence-electron chi connectivity index (χ2n) is 3.07. The lowest BCUT2D eigenvalue weighted by Crippen LogP contribution is -2.40. The van der Waals surface area contributed by atoms with Gasteiger partial charge in [-0.2, -0.15) is 0 Å². The molecule has 1 fully saturated rings. The zero-order valence-corrected chi connectivity index (χ0v) is 7.12. The summed E-state index contributed by atoms with van der Waals surface area (Å²) in [6.07, 6.45) is 2.46. The number of nitrogens with one attached hydrogen (secondary N) is 1. The van der Waals surface area contributed by atoms with Crippen LogP contribution >= 0.6 is 0 Å². The summed E-state index contributed by atoms with van der Waals surface area (Å²) in [5.41, 5.74) is 0. The fraction of sp³-hybridized carbons (Fsp3) is 0.875. The van der Waals surface area contributed by atoms with E-state index in [0.29, 0.717) is 12.6 Å². The van der Waals surface area contributed by atoms with Gasteiger partial charge in [0.05, 0.1) is 6.42 Å². The van der Waals surface area contributed by atoms with E-state index in [1.54, 1.807) is 0 Å². The van der Waals surface area contributed by atoms with Crippen molar-refractivity contribution >= 4 is 5.97 Å². The molecule has 0 spiro atoms. The average molecular weight is 171 g/mol. The van der Waals surface area contributed by atoms with Gasteiger partial charge in [-0.05, 0) is 12.8 Å². The molecule has 69 valence electrons. The molecule has 0 bridgehead atoms. The summed E-state index contributed by atoms with van der Waals surface area (Å²) < 4.78 is 0. The Labute approximate surface area is 72.3 Å². The van der Waals surface area contributed by atoms with E-state index in [0.717, 1.165) is 25.9 Å². The predicted molar refractivity (Wildman–Crippen MR) is 45.1 cm³/mol. The second-order valence-corrected chi connectivity index (χ2v) is 3.07. The van der Waals surface area contributed by atoms with E-state index in [4.69, 9.17) is 5.11 Å². The number of rotatable bonds is 4. The third kappa shape index (κ3) is 3.69. The Bertz CT molecular complexity index is 144. The number of piperidine rings is 1. The minimum Gasteiger partial charge on any atom is -0.481 e. The maximum absolute atomic E-state index is 10.2. The number of nitrogens with zero attached hydrogens (tertiary/aromatic N) is 1. The summed E-state index contributed by atoms with van der Waals surface area (Å²) in [5, 5.41) is 15.8. The van der Waals surface area contributed by atoms with Gasteiger partial charge in [0.15, 0.2) is 0 Å². The Hall–Kier alpha value is -0.610. The first-order valence-corrected chi connectivity index (χ1v) is 4.37. The molecular formula is C8H15N2O2. The quantitative estimate of drug-likeness (QED) is 0.616. The minimum atomic E-state index is -0.741. The number of aliphatic carboxylic acids is 1. The lowest BCUT2D eigenvalue weighted by molar-refractivity contribution is -0.136. The third-order valence-corrected chi connectivity index (χ3v) is 1.99. The van der Waals surface area contributed by atoms with Crippen molar-refractivity contribution in [2.75, 3.05) is 19.6 Å². The molecule has 0 aromatic heterocycles.